The Labute approximate surface area is 205 Å². The van der Waals surface area contributed by atoms with Crippen LogP contribution in [0, 0.1) is 13.8 Å². The van der Waals surface area contributed by atoms with Gasteiger partial charge < -0.3 is 10.6 Å². The molecule has 4 aromatic carbocycles. The maximum absolute atomic E-state index is 12.6. The van der Waals surface area contributed by atoms with Crippen LogP contribution in [0.5, 0.6) is 0 Å². The standard InChI is InChI=1S/C30H28N4O/c1-21-15-17-26(22(2)19-21)33-30(35)31-24-10-8-9-23(20-24)16-18-29-32-27-13-6-7-14-28(27)34(29)25-11-4-3-5-12-25/h3-15,17,19-20H,16,18H2,1-2H3,(H2,31,33,35). The number of urea groups is 1. The van der Waals surface area contributed by atoms with Gasteiger partial charge in [-0.05, 0) is 73.9 Å². The Hall–Kier alpha value is -4.38. The summed E-state index contributed by atoms with van der Waals surface area (Å²) in [5, 5.41) is 5.90. The first-order valence-electron chi connectivity index (χ1n) is 11.8. The Morgan fingerprint density at radius 2 is 1.60 bits per heavy atom. The van der Waals surface area contributed by atoms with Crippen LogP contribution in [0.2, 0.25) is 0 Å². The number of imidazole rings is 1. The van der Waals surface area contributed by atoms with Gasteiger partial charge in [-0.3, -0.25) is 4.57 Å². The van der Waals surface area contributed by atoms with E-state index in [0.717, 1.165) is 57.9 Å². The zero-order valence-electron chi connectivity index (χ0n) is 20.0. The SMILES string of the molecule is Cc1ccc(NC(=O)Nc2cccc(CCc3nc4ccccc4n3-c3ccccc3)c2)c(C)c1. The maximum atomic E-state index is 12.6. The number of benzene rings is 4. The van der Waals surface area contributed by atoms with Gasteiger partial charge in [0.2, 0.25) is 0 Å². The van der Waals surface area contributed by atoms with Crippen LogP contribution in [-0.2, 0) is 12.8 Å². The molecule has 0 bridgehead atoms. The first-order chi connectivity index (χ1) is 17.1. The van der Waals surface area contributed by atoms with E-state index in [1.54, 1.807) is 0 Å². The van der Waals surface area contributed by atoms with Crippen LogP contribution in [0.1, 0.15) is 22.5 Å². The molecule has 1 heterocycles. The van der Waals surface area contributed by atoms with Crippen molar-refractivity contribution in [3.63, 3.8) is 0 Å². The van der Waals surface area contributed by atoms with E-state index in [2.05, 4.69) is 51.6 Å². The highest BCUT2D eigenvalue weighted by molar-refractivity contribution is 6.00. The molecule has 2 amide bonds. The summed E-state index contributed by atoms with van der Waals surface area (Å²) in [7, 11) is 0. The zero-order chi connectivity index (χ0) is 24.2. The Morgan fingerprint density at radius 1 is 0.800 bits per heavy atom. The van der Waals surface area contributed by atoms with Gasteiger partial charge in [0.15, 0.2) is 0 Å². The lowest BCUT2D eigenvalue weighted by molar-refractivity contribution is 0.262. The molecule has 0 aliphatic heterocycles. The highest BCUT2D eigenvalue weighted by Gasteiger charge is 2.12. The number of hydrogen-bond acceptors (Lipinski definition) is 2. The van der Waals surface area contributed by atoms with Gasteiger partial charge in [-0.2, -0.15) is 0 Å². The molecule has 35 heavy (non-hydrogen) atoms. The van der Waals surface area contributed by atoms with Crippen molar-refractivity contribution in [2.45, 2.75) is 26.7 Å². The molecule has 0 fully saturated rings. The molecule has 0 saturated heterocycles. The Kier molecular flexibility index (Phi) is 6.31. The van der Waals surface area contributed by atoms with Gasteiger partial charge in [-0.15, -0.1) is 0 Å². The van der Waals surface area contributed by atoms with E-state index < -0.39 is 0 Å². The van der Waals surface area contributed by atoms with Gasteiger partial charge in [0.1, 0.15) is 5.82 Å². The van der Waals surface area contributed by atoms with Gasteiger partial charge in [0, 0.05) is 23.5 Å². The van der Waals surface area contributed by atoms with Crippen molar-refractivity contribution in [1.29, 1.82) is 0 Å². The van der Waals surface area contributed by atoms with Crippen molar-refractivity contribution >= 4 is 28.4 Å². The molecule has 0 aliphatic carbocycles. The lowest BCUT2D eigenvalue weighted by atomic mass is 10.1. The summed E-state index contributed by atoms with van der Waals surface area (Å²) in [6.45, 7) is 4.03. The monoisotopic (exact) mass is 460 g/mol. The number of aryl methyl sites for hydroxylation is 4. The van der Waals surface area contributed by atoms with Crippen LogP contribution in [0.15, 0.2) is 97.1 Å². The van der Waals surface area contributed by atoms with Crippen molar-refractivity contribution in [1.82, 2.24) is 9.55 Å². The molecule has 1 aromatic heterocycles. The number of aromatic nitrogens is 2. The number of carbonyl (C=O) groups is 1. The number of carbonyl (C=O) groups excluding carboxylic acids is 1. The minimum Gasteiger partial charge on any atom is -0.308 e. The van der Waals surface area contributed by atoms with Crippen molar-refractivity contribution < 1.29 is 4.79 Å². The molecule has 0 atom stereocenters. The van der Waals surface area contributed by atoms with Gasteiger partial charge in [-0.1, -0.05) is 60.2 Å². The molecule has 0 unspecified atom stereocenters. The van der Waals surface area contributed by atoms with Crippen molar-refractivity contribution in [2.24, 2.45) is 0 Å². The third kappa shape index (κ3) is 5.09. The molecule has 0 radical (unpaired) electrons. The fourth-order valence-corrected chi connectivity index (χ4v) is 4.41. The summed E-state index contributed by atoms with van der Waals surface area (Å²) >= 11 is 0. The topological polar surface area (TPSA) is 59.0 Å². The van der Waals surface area contributed by atoms with Gasteiger partial charge in [0.05, 0.1) is 11.0 Å². The van der Waals surface area contributed by atoms with Crippen molar-refractivity contribution in [3.05, 3.63) is 120 Å². The smallest absolute Gasteiger partial charge is 0.308 e. The average Bonchev–Trinajstić information content (AvgIpc) is 3.24. The second kappa shape index (κ2) is 9.85. The number of nitrogens with one attached hydrogen (secondary N) is 2. The summed E-state index contributed by atoms with van der Waals surface area (Å²) in [6, 6.07) is 32.3. The van der Waals surface area contributed by atoms with E-state index in [1.165, 1.54) is 5.56 Å². The molecule has 5 nitrogen and oxygen atoms in total. The number of para-hydroxylation sites is 3. The second-order valence-corrected chi connectivity index (χ2v) is 8.79. The third-order valence-corrected chi connectivity index (χ3v) is 6.10. The minimum atomic E-state index is -0.250. The minimum absolute atomic E-state index is 0.250. The fraction of sp³-hybridized carbons (Fsp3) is 0.133. The first kappa shape index (κ1) is 22.4. The molecule has 0 saturated carbocycles. The molecule has 174 valence electrons. The number of hydrogen-bond donors (Lipinski definition) is 2. The third-order valence-electron chi connectivity index (χ3n) is 6.10. The Morgan fingerprint density at radius 3 is 2.43 bits per heavy atom. The largest absolute Gasteiger partial charge is 0.323 e. The fourth-order valence-electron chi connectivity index (χ4n) is 4.41. The molecule has 0 spiro atoms. The van der Waals surface area contributed by atoms with Gasteiger partial charge >= 0.3 is 6.03 Å². The predicted molar refractivity (Wildman–Crippen MR) is 143 cm³/mol. The van der Waals surface area contributed by atoms with E-state index in [4.69, 9.17) is 4.98 Å². The highest BCUT2D eigenvalue weighted by Crippen LogP contribution is 2.23. The summed E-state index contributed by atoms with van der Waals surface area (Å²) in [4.78, 5) is 17.5. The summed E-state index contributed by atoms with van der Waals surface area (Å²) in [6.07, 6.45) is 1.59. The molecule has 0 aliphatic rings. The van der Waals surface area contributed by atoms with Crippen LogP contribution in [-0.4, -0.2) is 15.6 Å². The molecule has 5 heteroatoms. The molecular formula is C30H28N4O. The highest BCUT2D eigenvalue weighted by atomic mass is 16.2. The van der Waals surface area contributed by atoms with Gasteiger partial charge in [0.25, 0.3) is 0 Å². The van der Waals surface area contributed by atoms with E-state index in [0.29, 0.717) is 0 Å². The van der Waals surface area contributed by atoms with Crippen molar-refractivity contribution in [2.75, 3.05) is 10.6 Å². The van der Waals surface area contributed by atoms with E-state index in [1.807, 2.05) is 74.5 Å². The van der Waals surface area contributed by atoms with Crippen molar-refractivity contribution in [3.8, 4) is 5.69 Å². The Balaban J connectivity index is 1.31. The molecule has 5 rings (SSSR count). The molecular weight excluding hydrogens is 432 g/mol. The van der Waals surface area contributed by atoms with Crippen LogP contribution in [0.4, 0.5) is 16.2 Å². The summed E-state index contributed by atoms with van der Waals surface area (Å²) in [5.41, 5.74) is 8.12. The van der Waals surface area contributed by atoms with Gasteiger partial charge in [-0.25, -0.2) is 9.78 Å². The number of amides is 2. The lowest BCUT2D eigenvalue weighted by Crippen LogP contribution is -2.20. The lowest BCUT2D eigenvalue weighted by Gasteiger charge is -2.12. The number of nitrogens with zero attached hydrogens (tertiary/aromatic N) is 2. The maximum Gasteiger partial charge on any atom is 0.323 e. The number of anilines is 2. The summed E-state index contributed by atoms with van der Waals surface area (Å²) in [5.74, 6) is 1.02. The quantitative estimate of drug-likeness (QED) is 0.285. The van der Waals surface area contributed by atoms with Crippen LogP contribution < -0.4 is 10.6 Å². The van der Waals surface area contributed by atoms with Crippen LogP contribution in [0.25, 0.3) is 16.7 Å². The van der Waals surface area contributed by atoms with Crippen LogP contribution in [0.3, 0.4) is 0 Å². The second-order valence-electron chi connectivity index (χ2n) is 8.79. The molecule has 5 aromatic rings. The zero-order valence-corrected chi connectivity index (χ0v) is 20.0. The van der Waals surface area contributed by atoms with Crippen LogP contribution >= 0.6 is 0 Å². The first-order valence-corrected chi connectivity index (χ1v) is 11.8. The van der Waals surface area contributed by atoms with E-state index >= 15 is 0 Å². The summed E-state index contributed by atoms with van der Waals surface area (Å²) < 4.78 is 2.23. The van der Waals surface area contributed by atoms with E-state index in [-0.39, 0.29) is 6.03 Å². The van der Waals surface area contributed by atoms with E-state index in [9.17, 15) is 4.79 Å². The predicted octanol–water partition coefficient (Wildman–Crippen LogP) is 7.07. The normalized spacial score (nSPS) is 10.9. The number of rotatable bonds is 6. The number of fused-ring (bicyclic) bond motifs is 1. The average molecular weight is 461 g/mol. The molecule has 2 N–H and O–H groups in total. The Bertz CT molecular complexity index is 1490.